The molecular weight excluding hydrogens is 386 g/mol. The number of para-hydroxylation sites is 2. The second-order valence-electron chi connectivity index (χ2n) is 6.89. The van der Waals surface area contributed by atoms with E-state index in [2.05, 4.69) is 15.3 Å². The van der Waals surface area contributed by atoms with Crippen molar-refractivity contribution in [3.05, 3.63) is 65.4 Å². The van der Waals surface area contributed by atoms with Crippen molar-refractivity contribution in [2.45, 2.75) is 19.3 Å². The van der Waals surface area contributed by atoms with Gasteiger partial charge in [0.15, 0.2) is 11.7 Å². The number of carbonyl (C=O) groups is 2. The number of carbonyl (C=O) groups excluding carboxylic acids is 2. The fraction of sp³-hybridized carbons (Fsp3) is 0.182. The molecule has 2 heterocycles. The van der Waals surface area contributed by atoms with Crippen molar-refractivity contribution >= 4 is 49.5 Å². The van der Waals surface area contributed by atoms with Gasteiger partial charge in [0.05, 0.1) is 21.3 Å². The molecule has 6 nitrogen and oxygen atoms in total. The first-order valence-electron chi connectivity index (χ1n) is 9.42. The van der Waals surface area contributed by atoms with E-state index in [1.807, 2.05) is 48.5 Å². The molecule has 0 fully saturated rings. The van der Waals surface area contributed by atoms with Crippen LogP contribution in [0.2, 0.25) is 0 Å². The summed E-state index contributed by atoms with van der Waals surface area (Å²) in [5.41, 5.74) is 4.04. The molecule has 0 atom stereocenters. The van der Waals surface area contributed by atoms with Crippen LogP contribution in [-0.4, -0.2) is 28.5 Å². The Hall–Kier alpha value is -3.32. The van der Waals surface area contributed by atoms with Crippen LogP contribution in [0.5, 0.6) is 0 Å². The molecule has 1 aliphatic rings. The van der Waals surface area contributed by atoms with Crippen LogP contribution in [0.1, 0.15) is 28.0 Å². The van der Waals surface area contributed by atoms with Crippen LogP contribution in [0.3, 0.4) is 0 Å². The number of nitrogens with zero attached hydrogens (tertiary/aromatic N) is 2. The molecule has 1 amide bonds. The maximum absolute atomic E-state index is 12.9. The highest BCUT2D eigenvalue weighted by Gasteiger charge is 2.25. The highest BCUT2D eigenvalue weighted by molar-refractivity contribution is 7.22. The Morgan fingerprint density at radius 3 is 2.66 bits per heavy atom. The lowest BCUT2D eigenvalue weighted by Crippen LogP contribution is -2.21. The molecule has 0 aliphatic heterocycles. The number of nitrogens with one attached hydrogen (secondary N) is 1. The number of pyridine rings is 1. The Bertz CT molecular complexity index is 1230. The third kappa shape index (κ3) is 3.34. The van der Waals surface area contributed by atoms with Crippen LogP contribution in [0.25, 0.3) is 21.1 Å². The summed E-state index contributed by atoms with van der Waals surface area (Å²) in [5, 5.41) is 3.96. The molecule has 144 valence electrons. The molecule has 0 saturated carbocycles. The minimum atomic E-state index is -0.485. The average Bonchev–Trinajstić information content (AvgIpc) is 3.36. The summed E-state index contributed by atoms with van der Waals surface area (Å²) >= 11 is 1.38. The van der Waals surface area contributed by atoms with Gasteiger partial charge in [0.2, 0.25) is 0 Å². The van der Waals surface area contributed by atoms with E-state index >= 15 is 0 Å². The monoisotopic (exact) mass is 403 g/mol. The lowest BCUT2D eigenvalue weighted by molar-refractivity contribution is -0.119. The molecule has 4 aromatic rings. The summed E-state index contributed by atoms with van der Waals surface area (Å²) in [6.45, 7) is -0.361. The molecule has 0 saturated heterocycles. The molecule has 0 spiro atoms. The first kappa shape index (κ1) is 17.8. The van der Waals surface area contributed by atoms with Crippen LogP contribution in [0.15, 0.2) is 48.5 Å². The Kier molecular flexibility index (Phi) is 4.44. The number of aromatic nitrogens is 2. The van der Waals surface area contributed by atoms with E-state index in [4.69, 9.17) is 4.74 Å². The van der Waals surface area contributed by atoms with Gasteiger partial charge in [-0.3, -0.25) is 15.1 Å². The molecule has 0 radical (unpaired) electrons. The Morgan fingerprint density at radius 2 is 1.79 bits per heavy atom. The standard InChI is InChI=1S/C22H17N3O3S/c26-19(25-22-24-17-9-3-4-11-18(17)29-22)12-28-21(27)20-13-6-1-2-8-15(13)23-16-10-5-7-14(16)20/h1-4,6,8-9,11H,5,7,10,12H2,(H,24,25,26). The summed E-state index contributed by atoms with van der Waals surface area (Å²) in [5.74, 6) is -0.895. The van der Waals surface area contributed by atoms with Gasteiger partial charge in [-0.05, 0) is 43.0 Å². The van der Waals surface area contributed by atoms with Crippen molar-refractivity contribution in [1.29, 1.82) is 0 Å². The molecular formula is C22H17N3O3S. The van der Waals surface area contributed by atoms with E-state index in [1.165, 1.54) is 11.3 Å². The predicted molar refractivity (Wildman–Crippen MR) is 112 cm³/mol. The van der Waals surface area contributed by atoms with Crippen LogP contribution >= 0.6 is 11.3 Å². The third-order valence-corrected chi connectivity index (χ3v) is 5.95. The Balaban J connectivity index is 1.34. The molecule has 0 unspecified atom stereocenters. The molecule has 1 aliphatic carbocycles. The number of thiazole rings is 1. The zero-order valence-electron chi connectivity index (χ0n) is 15.5. The summed E-state index contributed by atoms with van der Waals surface area (Å²) in [6, 6.07) is 15.2. The third-order valence-electron chi connectivity index (χ3n) is 5.00. The van der Waals surface area contributed by atoms with Gasteiger partial charge in [0.25, 0.3) is 5.91 Å². The van der Waals surface area contributed by atoms with Crippen molar-refractivity contribution in [1.82, 2.24) is 9.97 Å². The molecule has 1 N–H and O–H groups in total. The van der Waals surface area contributed by atoms with Crippen LogP contribution in [0, 0.1) is 0 Å². The smallest absolute Gasteiger partial charge is 0.339 e. The number of fused-ring (bicyclic) bond motifs is 3. The number of hydrogen-bond acceptors (Lipinski definition) is 6. The minimum Gasteiger partial charge on any atom is -0.452 e. The quantitative estimate of drug-likeness (QED) is 0.518. The van der Waals surface area contributed by atoms with Gasteiger partial charge in [-0.25, -0.2) is 9.78 Å². The lowest BCUT2D eigenvalue weighted by atomic mass is 10.0. The van der Waals surface area contributed by atoms with Gasteiger partial charge >= 0.3 is 5.97 Å². The summed E-state index contributed by atoms with van der Waals surface area (Å²) in [7, 11) is 0. The molecule has 2 aromatic heterocycles. The topological polar surface area (TPSA) is 81.2 Å². The number of esters is 1. The van der Waals surface area contributed by atoms with Gasteiger partial charge in [0, 0.05) is 11.1 Å². The number of hydrogen-bond donors (Lipinski definition) is 1. The van der Waals surface area contributed by atoms with E-state index in [0.717, 1.165) is 51.6 Å². The number of benzene rings is 2. The number of aryl methyl sites for hydroxylation is 1. The highest BCUT2D eigenvalue weighted by Crippen LogP contribution is 2.30. The molecule has 7 heteroatoms. The second kappa shape index (κ2) is 7.25. The first-order chi connectivity index (χ1) is 14.2. The Morgan fingerprint density at radius 1 is 1.00 bits per heavy atom. The Labute approximate surface area is 170 Å². The van der Waals surface area contributed by atoms with Crippen molar-refractivity contribution in [2.24, 2.45) is 0 Å². The predicted octanol–water partition coefficient (Wildman–Crippen LogP) is 4.13. The number of amides is 1. The van der Waals surface area contributed by atoms with Crippen LogP contribution in [0.4, 0.5) is 5.13 Å². The number of rotatable bonds is 4. The molecule has 29 heavy (non-hydrogen) atoms. The zero-order chi connectivity index (χ0) is 19.8. The van der Waals surface area contributed by atoms with E-state index in [-0.39, 0.29) is 6.61 Å². The molecule has 5 rings (SSSR count). The lowest BCUT2D eigenvalue weighted by Gasteiger charge is -2.12. The van der Waals surface area contributed by atoms with E-state index in [1.54, 1.807) is 0 Å². The van der Waals surface area contributed by atoms with Crippen molar-refractivity contribution in [2.75, 3.05) is 11.9 Å². The molecule has 0 bridgehead atoms. The van der Waals surface area contributed by atoms with Crippen LogP contribution in [-0.2, 0) is 22.4 Å². The van der Waals surface area contributed by atoms with Gasteiger partial charge < -0.3 is 4.74 Å². The van der Waals surface area contributed by atoms with Gasteiger partial charge in [-0.15, -0.1) is 0 Å². The highest BCUT2D eigenvalue weighted by atomic mass is 32.1. The minimum absolute atomic E-state index is 0.361. The van der Waals surface area contributed by atoms with Crippen molar-refractivity contribution < 1.29 is 14.3 Å². The normalized spacial score (nSPS) is 12.8. The summed E-state index contributed by atoms with van der Waals surface area (Å²) in [6.07, 6.45) is 2.63. The fourth-order valence-corrected chi connectivity index (χ4v) is 4.61. The number of ether oxygens (including phenoxy) is 1. The average molecular weight is 403 g/mol. The van der Waals surface area contributed by atoms with Gasteiger partial charge in [-0.2, -0.15) is 0 Å². The zero-order valence-corrected chi connectivity index (χ0v) is 16.3. The van der Waals surface area contributed by atoms with Gasteiger partial charge in [-0.1, -0.05) is 41.7 Å². The second-order valence-corrected chi connectivity index (χ2v) is 7.92. The fourth-order valence-electron chi connectivity index (χ4n) is 3.73. The van der Waals surface area contributed by atoms with E-state index in [9.17, 15) is 9.59 Å². The van der Waals surface area contributed by atoms with Crippen molar-refractivity contribution in [3.63, 3.8) is 0 Å². The molecule has 2 aromatic carbocycles. The maximum Gasteiger partial charge on any atom is 0.339 e. The van der Waals surface area contributed by atoms with Crippen LogP contribution < -0.4 is 5.32 Å². The van der Waals surface area contributed by atoms with E-state index in [0.29, 0.717) is 10.7 Å². The summed E-state index contributed by atoms with van der Waals surface area (Å²) < 4.78 is 6.35. The van der Waals surface area contributed by atoms with Gasteiger partial charge in [0.1, 0.15) is 0 Å². The summed E-state index contributed by atoms with van der Waals surface area (Å²) in [4.78, 5) is 34.2. The van der Waals surface area contributed by atoms with Crippen molar-refractivity contribution in [3.8, 4) is 0 Å². The first-order valence-corrected chi connectivity index (χ1v) is 10.2. The SMILES string of the molecule is O=C(COC(=O)c1c2c(nc3ccccc13)CCC2)Nc1nc2ccccc2s1. The van der Waals surface area contributed by atoms with E-state index < -0.39 is 11.9 Å². The largest absolute Gasteiger partial charge is 0.452 e. The number of anilines is 1. The maximum atomic E-state index is 12.9.